The molecule has 0 spiro atoms. The average Bonchev–Trinajstić information content (AvgIpc) is 2.48. The fourth-order valence-corrected chi connectivity index (χ4v) is 1.46. The lowest BCUT2D eigenvalue weighted by Crippen LogP contribution is -1.79. The lowest BCUT2D eigenvalue weighted by molar-refractivity contribution is -0.106. The highest BCUT2D eigenvalue weighted by molar-refractivity contribution is 5.82. The number of carbonyl (C=O) groups excluding carboxylic acids is 1. The van der Waals surface area contributed by atoms with Crippen LogP contribution in [0.15, 0.2) is 42.5 Å². The molecule has 0 atom stereocenters. The molecule has 0 unspecified atom stereocenters. The van der Waals surface area contributed by atoms with Crippen LogP contribution in [0.4, 0.5) is 0 Å². The molecule has 104 valence electrons. The molecule has 0 amide bonds. The number of rotatable bonds is 2. The predicted molar refractivity (Wildman–Crippen MR) is 82.6 cm³/mol. The van der Waals surface area contributed by atoms with Gasteiger partial charge in [0, 0.05) is 13.7 Å². The second-order valence-corrected chi connectivity index (χ2v) is 3.85. The Hall–Kier alpha value is -1.67. The van der Waals surface area contributed by atoms with E-state index in [0.717, 1.165) is 19.3 Å². The van der Waals surface area contributed by atoms with Gasteiger partial charge in [0.2, 0.25) is 0 Å². The number of ether oxygens (including phenoxy) is 1. The van der Waals surface area contributed by atoms with E-state index in [1.54, 1.807) is 7.11 Å². The van der Waals surface area contributed by atoms with Crippen molar-refractivity contribution in [2.45, 2.75) is 27.2 Å². The van der Waals surface area contributed by atoms with Gasteiger partial charge in [0.1, 0.15) is 6.29 Å². The van der Waals surface area contributed by atoms with Gasteiger partial charge < -0.3 is 9.53 Å². The van der Waals surface area contributed by atoms with Gasteiger partial charge in [-0.1, -0.05) is 49.4 Å². The first-order valence-electron chi connectivity index (χ1n) is 6.59. The molecule has 0 saturated carbocycles. The average molecular weight is 260 g/mol. The largest absolute Gasteiger partial charge is 0.385 e. The highest BCUT2D eigenvalue weighted by atomic mass is 16.5. The topological polar surface area (TPSA) is 26.3 Å². The van der Waals surface area contributed by atoms with Gasteiger partial charge in [-0.3, -0.25) is 0 Å². The van der Waals surface area contributed by atoms with Gasteiger partial charge >= 0.3 is 0 Å². The summed E-state index contributed by atoms with van der Waals surface area (Å²) >= 11 is 0. The van der Waals surface area contributed by atoms with Crippen LogP contribution in [0.5, 0.6) is 0 Å². The Bertz CT molecular complexity index is 462. The molecular weight excluding hydrogens is 236 g/mol. The lowest BCUT2D eigenvalue weighted by atomic mass is 10.1. The van der Waals surface area contributed by atoms with E-state index in [2.05, 4.69) is 54.1 Å². The second-order valence-electron chi connectivity index (χ2n) is 3.85. The number of aldehydes is 1. The molecule has 0 aromatic heterocycles. The fourth-order valence-electron chi connectivity index (χ4n) is 1.46. The zero-order chi connectivity index (χ0) is 14.5. The Kier molecular flexibility index (Phi) is 10.4. The van der Waals surface area contributed by atoms with E-state index in [4.69, 9.17) is 4.79 Å². The van der Waals surface area contributed by atoms with E-state index in [-0.39, 0.29) is 0 Å². The summed E-state index contributed by atoms with van der Waals surface area (Å²) in [5, 5.41) is 2.67. The molecule has 2 nitrogen and oxygen atoms in total. The summed E-state index contributed by atoms with van der Waals surface area (Å²) in [6.07, 6.45) is 1.87. The molecule has 0 heterocycles. The Labute approximate surface area is 116 Å². The summed E-state index contributed by atoms with van der Waals surface area (Å²) in [5.41, 5.74) is 1.41. The standard InChI is InChI=1S/C12H12.C3H8O.C2H4O/c1-2-10-7-8-11-5-3-4-6-12(11)9-10;1-3-4-2;1-2-3/h3-9H,2H2,1H3;3H2,1-2H3;2H,1H3. The fraction of sp³-hybridized carbons (Fsp3) is 0.353. The van der Waals surface area contributed by atoms with Crippen molar-refractivity contribution in [2.75, 3.05) is 13.7 Å². The third-order valence-electron chi connectivity index (χ3n) is 2.51. The molecular formula is C17H24O2. The van der Waals surface area contributed by atoms with Crippen molar-refractivity contribution in [1.82, 2.24) is 0 Å². The Balaban J connectivity index is 0.000000393. The van der Waals surface area contributed by atoms with Crippen LogP contribution in [0.1, 0.15) is 26.3 Å². The summed E-state index contributed by atoms with van der Waals surface area (Å²) in [6.45, 7) is 6.41. The molecule has 0 aliphatic heterocycles. The highest BCUT2D eigenvalue weighted by Crippen LogP contribution is 2.15. The van der Waals surface area contributed by atoms with E-state index < -0.39 is 0 Å². The SMILES string of the molecule is CC=O.CCOC.CCc1ccc2ccccc2c1. The first-order valence-corrected chi connectivity index (χ1v) is 6.59. The number of methoxy groups -OCH3 is 1. The van der Waals surface area contributed by atoms with Crippen molar-refractivity contribution in [3.63, 3.8) is 0 Å². The van der Waals surface area contributed by atoms with E-state index >= 15 is 0 Å². The number of hydrogen-bond donors (Lipinski definition) is 0. The molecule has 0 saturated heterocycles. The van der Waals surface area contributed by atoms with Gasteiger partial charge in [0.25, 0.3) is 0 Å². The van der Waals surface area contributed by atoms with Gasteiger partial charge in [0.15, 0.2) is 0 Å². The monoisotopic (exact) mass is 260 g/mol. The van der Waals surface area contributed by atoms with Crippen molar-refractivity contribution < 1.29 is 9.53 Å². The maximum atomic E-state index is 8.81. The predicted octanol–water partition coefficient (Wildman–Crippen LogP) is 4.26. The van der Waals surface area contributed by atoms with Crippen molar-refractivity contribution in [3.8, 4) is 0 Å². The summed E-state index contributed by atoms with van der Waals surface area (Å²) in [6, 6.07) is 15.1. The first-order chi connectivity index (χ1) is 9.23. The number of carbonyl (C=O) groups is 1. The Morgan fingerprint density at radius 1 is 1.05 bits per heavy atom. The van der Waals surface area contributed by atoms with Crippen LogP contribution in [0.3, 0.4) is 0 Å². The molecule has 2 rings (SSSR count). The Morgan fingerprint density at radius 3 is 2.05 bits per heavy atom. The van der Waals surface area contributed by atoms with Gasteiger partial charge in [-0.2, -0.15) is 0 Å². The van der Waals surface area contributed by atoms with Crippen LogP contribution in [-0.4, -0.2) is 20.0 Å². The molecule has 0 aliphatic carbocycles. The zero-order valence-corrected chi connectivity index (χ0v) is 12.3. The summed E-state index contributed by atoms with van der Waals surface area (Å²) < 4.78 is 4.54. The number of hydrogen-bond acceptors (Lipinski definition) is 2. The third-order valence-corrected chi connectivity index (χ3v) is 2.51. The summed E-state index contributed by atoms with van der Waals surface area (Å²) in [7, 11) is 1.68. The van der Waals surface area contributed by atoms with Crippen LogP contribution >= 0.6 is 0 Å². The van der Waals surface area contributed by atoms with Crippen LogP contribution in [0.25, 0.3) is 10.8 Å². The number of aryl methyl sites for hydroxylation is 1. The molecule has 2 heteroatoms. The van der Waals surface area contributed by atoms with Crippen LogP contribution in [0.2, 0.25) is 0 Å². The maximum Gasteiger partial charge on any atom is 0.116 e. The van der Waals surface area contributed by atoms with E-state index in [9.17, 15) is 0 Å². The van der Waals surface area contributed by atoms with Gasteiger partial charge in [-0.15, -0.1) is 0 Å². The van der Waals surface area contributed by atoms with E-state index in [0.29, 0.717) is 0 Å². The number of benzene rings is 2. The summed E-state index contributed by atoms with van der Waals surface area (Å²) in [4.78, 5) is 8.81. The molecule has 2 aromatic carbocycles. The zero-order valence-electron chi connectivity index (χ0n) is 12.3. The van der Waals surface area contributed by atoms with Crippen molar-refractivity contribution >= 4 is 17.1 Å². The minimum Gasteiger partial charge on any atom is -0.385 e. The number of fused-ring (bicyclic) bond motifs is 1. The normalized spacial score (nSPS) is 8.84. The van der Waals surface area contributed by atoms with Crippen LogP contribution in [0, 0.1) is 0 Å². The third kappa shape index (κ3) is 7.37. The molecule has 0 fully saturated rings. The van der Waals surface area contributed by atoms with E-state index in [1.807, 2.05) is 6.92 Å². The second kappa shape index (κ2) is 11.4. The molecule has 19 heavy (non-hydrogen) atoms. The minimum absolute atomic E-state index is 0.750. The first kappa shape index (κ1) is 17.3. The smallest absolute Gasteiger partial charge is 0.116 e. The van der Waals surface area contributed by atoms with Crippen LogP contribution in [-0.2, 0) is 16.0 Å². The minimum atomic E-state index is 0.750. The molecule has 0 bridgehead atoms. The van der Waals surface area contributed by atoms with Gasteiger partial charge in [-0.05, 0) is 36.6 Å². The van der Waals surface area contributed by atoms with Crippen molar-refractivity contribution in [2.24, 2.45) is 0 Å². The van der Waals surface area contributed by atoms with E-state index in [1.165, 1.54) is 23.3 Å². The van der Waals surface area contributed by atoms with Gasteiger partial charge in [0.05, 0.1) is 0 Å². The summed E-state index contributed by atoms with van der Waals surface area (Å²) in [5.74, 6) is 0. The van der Waals surface area contributed by atoms with Crippen LogP contribution < -0.4 is 0 Å². The molecule has 0 aliphatic rings. The molecule has 0 radical (unpaired) electrons. The molecule has 2 aromatic rings. The lowest BCUT2D eigenvalue weighted by Gasteiger charge is -1.99. The van der Waals surface area contributed by atoms with Crippen molar-refractivity contribution in [3.05, 3.63) is 48.0 Å². The van der Waals surface area contributed by atoms with Crippen molar-refractivity contribution in [1.29, 1.82) is 0 Å². The maximum absolute atomic E-state index is 8.81. The quantitative estimate of drug-likeness (QED) is 0.754. The molecule has 0 N–H and O–H groups in total. The Morgan fingerprint density at radius 2 is 1.58 bits per heavy atom. The van der Waals surface area contributed by atoms with Gasteiger partial charge in [-0.25, -0.2) is 0 Å². The highest BCUT2D eigenvalue weighted by Gasteiger charge is 1.92.